The summed E-state index contributed by atoms with van der Waals surface area (Å²) in [5.74, 6) is 0.574. The van der Waals surface area contributed by atoms with Gasteiger partial charge in [-0.2, -0.15) is 0 Å². The molecule has 40 valence electrons. The number of hydrogen-bond acceptors (Lipinski definition) is 2. The SMILES string of the molecule is C/C=C\SCC=O. The van der Waals surface area contributed by atoms with Crippen molar-refractivity contribution in [2.45, 2.75) is 6.92 Å². The molecule has 1 nitrogen and oxygen atoms in total. The molecule has 0 amide bonds. The Hall–Kier alpha value is -0.240. The van der Waals surface area contributed by atoms with Crippen LogP contribution >= 0.6 is 11.8 Å². The maximum absolute atomic E-state index is 9.62. The summed E-state index contributed by atoms with van der Waals surface area (Å²) in [6, 6.07) is 0. The van der Waals surface area contributed by atoms with Gasteiger partial charge in [-0.25, -0.2) is 0 Å². The minimum absolute atomic E-state index is 0.574. The Morgan fingerprint density at radius 3 is 2.86 bits per heavy atom. The van der Waals surface area contributed by atoms with Crippen molar-refractivity contribution in [2.24, 2.45) is 0 Å². The van der Waals surface area contributed by atoms with Gasteiger partial charge in [-0.15, -0.1) is 11.8 Å². The zero-order chi connectivity index (χ0) is 5.54. The highest BCUT2D eigenvalue weighted by Gasteiger charge is 1.72. The number of carbonyl (C=O) groups is 1. The first kappa shape index (κ1) is 6.76. The van der Waals surface area contributed by atoms with Crippen LogP contribution in [0.3, 0.4) is 0 Å². The van der Waals surface area contributed by atoms with Gasteiger partial charge in [-0.3, -0.25) is 0 Å². The Balaban J connectivity index is 2.82. The van der Waals surface area contributed by atoms with Gasteiger partial charge < -0.3 is 4.79 Å². The highest BCUT2D eigenvalue weighted by molar-refractivity contribution is 8.02. The minimum atomic E-state index is 0.574. The van der Waals surface area contributed by atoms with Crippen LogP contribution < -0.4 is 0 Å². The van der Waals surface area contributed by atoms with Crippen LogP contribution in [0.2, 0.25) is 0 Å². The molecule has 2 heteroatoms. The molecule has 0 radical (unpaired) electrons. The van der Waals surface area contributed by atoms with E-state index in [2.05, 4.69) is 0 Å². The zero-order valence-corrected chi connectivity index (χ0v) is 5.07. The maximum Gasteiger partial charge on any atom is 0.130 e. The molecule has 7 heavy (non-hydrogen) atoms. The number of allylic oxidation sites excluding steroid dienone is 1. The van der Waals surface area contributed by atoms with Crippen molar-refractivity contribution in [1.82, 2.24) is 0 Å². The Kier molecular flexibility index (Phi) is 5.56. The van der Waals surface area contributed by atoms with E-state index in [0.29, 0.717) is 5.75 Å². The lowest BCUT2D eigenvalue weighted by atomic mass is 10.8. The molecule has 0 spiro atoms. The topological polar surface area (TPSA) is 17.1 Å². The predicted octanol–water partition coefficient (Wildman–Crippen LogP) is 1.45. The van der Waals surface area contributed by atoms with E-state index in [9.17, 15) is 4.79 Å². The Labute approximate surface area is 47.8 Å². The number of hydrogen-bond donors (Lipinski definition) is 0. The van der Waals surface area contributed by atoms with E-state index in [1.807, 2.05) is 18.4 Å². The average molecular weight is 116 g/mol. The summed E-state index contributed by atoms with van der Waals surface area (Å²) in [7, 11) is 0. The molecule has 0 bridgehead atoms. The van der Waals surface area contributed by atoms with Crippen molar-refractivity contribution in [3.05, 3.63) is 11.5 Å². The van der Waals surface area contributed by atoms with Gasteiger partial charge in [0.25, 0.3) is 0 Å². The van der Waals surface area contributed by atoms with Crippen molar-refractivity contribution in [3.63, 3.8) is 0 Å². The van der Waals surface area contributed by atoms with E-state index < -0.39 is 0 Å². The molecular weight excluding hydrogens is 108 g/mol. The van der Waals surface area contributed by atoms with Crippen LogP contribution in [0.1, 0.15) is 6.92 Å². The van der Waals surface area contributed by atoms with Crippen LogP contribution in [0.4, 0.5) is 0 Å². The van der Waals surface area contributed by atoms with E-state index in [1.54, 1.807) is 0 Å². The lowest BCUT2D eigenvalue weighted by Crippen LogP contribution is -1.70. The molecule has 0 rings (SSSR count). The van der Waals surface area contributed by atoms with Crippen molar-refractivity contribution >= 4 is 18.0 Å². The molecule has 0 saturated carbocycles. The molecule has 0 aromatic heterocycles. The zero-order valence-electron chi connectivity index (χ0n) is 4.26. The van der Waals surface area contributed by atoms with Crippen LogP contribution in [-0.2, 0) is 4.79 Å². The van der Waals surface area contributed by atoms with Crippen molar-refractivity contribution in [1.29, 1.82) is 0 Å². The van der Waals surface area contributed by atoms with Gasteiger partial charge in [0.2, 0.25) is 0 Å². The maximum atomic E-state index is 9.62. The van der Waals surface area contributed by atoms with Crippen LogP contribution in [0.15, 0.2) is 11.5 Å². The Morgan fingerprint density at radius 1 is 1.71 bits per heavy atom. The van der Waals surface area contributed by atoms with Crippen LogP contribution in [-0.4, -0.2) is 12.0 Å². The fourth-order valence-electron chi connectivity index (χ4n) is 0.191. The predicted molar refractivity (Wildman–Crippen MR) is 33.3 cm³/mol. The van der Waals surface area contributed by atoms with Crippen molar-refractivity contribution in [2.75, 3.05) is 5.75 Å². The van der Waals surface area contributed by atoms with Gasteiger partial charge in [-0.1, -0.05) is 6.08 Å². The molecule has 0 aliphatic heterocycles. The highest BCUT2D eigenvalue weighted by atomic mass is 32.2. The summed E-state index contributed by atoms with van der Waals surface area (Å²) in [5, 5.41) is 1.90. The van der Waals surface area contributed by atoms with Crippen molar-refractivity contribution < 1.29 is 4.79 Å². The van der Waals surface area contributed by atoms with Gasteiger partial charge in [0.1, 0.15) is 6.29 Å². The van der Waals surface area contributed by atoms with E-state index in [-0.39, 0.29) is 0 Å². The second-order valence-corrected chi connectivity index (χ2v) is 1.91. The van der Waals surface area contributed by atoms with Gasteiger partial charge in [-0.05, 0) is 12.3 Å². The lowest BCUT2D eigenvalue weighted by Gasteiger charge is -1.76. The number of carbonyl (C=O) groups excluding carboxylic acids is 1. The molecule has 0 aliphatic rings. The molecule has 0 N–H and O–H groups in total. The summed E-state index contributed by atoms with van der Waals surface area (Å²) < 4.78 is 0. The molecule has 0 saturated heterocycles. The minimum Gasteiger partial charge on any atom is -0.302 e. The number of rotatable bonds is 3. The first-order chi connectivity index (χ1) is 3.41. The monoisotopic (exact) mass is 116 g/mol. The molecule has 0 atom stereocenters. The fraction of sp³-hybridized carbons (Fsp3) is 0.400. The quantitative estimate of drug-likeness (QED) is 0.410. The Bertz CT molecular complexity index is 68.5. The van der Waals surface area contributed by atoms with Crippen LogP contribution in [0, 0.1) is 0 Å². The van der Waals surface area contributed by atoms with Gasteiger partial charge in [0, 0.05) is 0 Å². The lowest BCUT2D eigenvalue weighted by molar-refractivity contribution is -0.105. The summed E-state index contributed by atoms with van der Waals surface area (Å²) in [5.41, 5.74) is 0. The summed E-state index contributed by atoms with van der Waals surface area (Å²) >= 11 is 1.50. The fourth-order valence-corrected chi connectivity index (χ4v) is 0.573. The smallest absolute Gasteiger partial charge is 0.130 e. The molecule has 0 aliphatic carbocycles. The third-order valence-corrected chi connectivity index (χ3v) is 1.19. The second kappa shape index (κ2) is 5.76. The molecule has 0 aromatic carbocycles. The third kappa shape index (κ3) is 5.76. The van der Waals surface area contributed by atoms with E-state index in [0.717, 1.165) is 6.29 Å². The summed E-state index contributed by atoms with van der Waals surface area (Å²) in [4.78, 5) is 9.62. The van der Waals surface area contributed by atoms with Gasteiger partial charge >= 0.3 is 0 Å². The van der Waals surface area contributed by atoms with Crippen molar-refractivity contribution in [3.8, 4) is 0 Å². The second-order valence-electron chi connectivity index (χ2n) is 0.969. The van der Waals surface area contributed by atoms with E-state index in [1.165, 1.54) is 11.8 Å². The first-order valence-electron chi connectivity index (χ1n) is 2.08. The molecule has 0 heterocycles. The standard InChI is InChI=1S/C5H8OS/c1-2-4-7-5-3-6/h2-4H,5H2,1H3/b4-2-. The molecule has 0 fully saturated rings. The van der Waals surface area contributed by atoms with Crippen LogP contribution in [0.5, 0.6) is 0 Å². The largest absolute Gasteiger partial charge is 0.302 e. The molecule has 0 aromatic rings. The summed E-state index contributed by atoms with van der Waals surface area (Å²) in [6.45, 7) is 1.93. The van der Waals surface area contributed by atoms with Gasteiger partial charge in [0.15, 0.2) is 0 Å². The first-order valence-corrected chi connectivity index (χ1v) is 3.13. The summed E-state index contributed by atoms with van der Waals surface area (Å²) in [6.07, 6.45) is 2.80. The third-order valence-electron chi connectivity index (χ3n) is 0.397. The number of aldehydes is 1. The van der Waals surface area contributed by atoms with E-state index in [4.69, 9.17) is 0 Å². The highest BCUT2D eigenvalue weighted by Crippen LogP contribution is 1.96. The average Bonchev–Trinajstić information content (AvgIpc) is 1.69. The van der Waals surface area contributed by atoms with Crippen LogP contribution in [0.25, 0.3) is 0 Å². The van der Waals surface area contributed by atoms with E-state index >= 15 is 0 Å². The Morgan fingerprint density at radius 2 is 2.43 bits per heavy atom. The molecule has 0 unspecified atom stereocenters. The van der Waals surface area contributed by atoms with Gasteiger partial charge in [0.05, 0.1) is 5.75 Å². The number of thioether (sulfide) groups is 1. The normalized spacial score (nSPS) is 9.86. The molecular formula is C5H8OS.